The van der Waals surface area contributed by atoms with Crippen molar-refractivity contribution in [1.29, 1.82) is 0 Å². The summed E-state index contributed by atoms with van der Waals surface area (Å²) in [6.07, 6.45) is -3.88. The van der Waals surface area contributed by atoms with E-state index in [9.17, 15) is 23.3 Å². The van der Waals surface area contributed by atoms with Gasteiger partial charge in [0.05, 0.1) is 4.92 Å². The van der Waals surface area contributed by atoms with Crippen LogP contribution in [0.25, 0.3) is 0 Å². The van der Waals surface area contributed by atoms with Gasteiger partial charge in [0.15, 0.2) is 0 Å². The number of nitrogens with one attached hydrogen (secondary N) is 2. The predicted octanol–water partition coefficient (Wildman–Crippen LogP) is 1.93. The molecule has 0 atom stereocenters. The summed E-state index contributed by atoms with van der Waals surface area (Å²) in [4.78, 5) is 17.2. The fraction of sp³-hybridized carbons (Fsp3) is 0.556. The number of anilines is 2. The van der Waals surface area contributed by atoms with E-state index in [2.05, 4.69) is 20.6 Å². The molecule has 2 N–H and O–H groups in total. The summed E-state index contributed by atoms with van der Waals surface area (Å²) in [5.41, 5.74) is -2.70. The third kappa shape index (κ3) is 2.37. The molecule has 104 valence electrons. The van der Waals surface area contributed by atoms with Gasteiger partial charge in [-0.15, -0.1) is 0 Å². The van der Waals surface area contributed by atoms with E-state index in [1.54, 1.807) is 0 Å². The lowest BCUT2D eigenvalue weighted by Gasteiger charge is -2.21. The average Bonchev–Trinajstić information content (AvgIpc) is 3.08. The second kappa shape index (κ2) is 4.21. The predicted molar refractivity (Wildman–Crippen MR) is 59.9 cm³/mol. The van der Waals surface area contributed by atoms with E-state index in [1.807, 2.05) is 0 Å². The van der Waals surface area contributed by atoms with E-state index < -0.39 is 28.1 Å². The van der Waals surface area contributed by atoms with Crippen LogP contribution < -0.4 is 10.6 Å². The monoisotopic (exact) mass is 277 g/mol. The number of nitro groups is 1. The number of alkyl halides is 3. The second-order valence-electron chi connectivity index (χ2n) is 4.14. The van der Waals surface area contributed by atoms with Crippen LogP contribution in [0.5, 0.6) is 0 Å². The van der Waals surface area contributed by atoms with Crippen LogP contribution in [0.15, 0.2) is 6.20 Å². The van der Waals surface area contributed by atoms with Crippen LogP contribution in [0.2, 0.25) is 0 Å². The summed E-state index contributed by atoms with van der Waals surface area (Å²) in [6.45, 7) is 0. The Kier molecular flexibility index (Phi) is 2.95. The average molecular weight is 277 g/mol. The van der Waals surface area contributed by atoms with Gasteiger partial charge in [-0.25, -0.2) is 4.98 Å². The third-order valence-corrected chi connectivity index (χ3v) is 2.84. The lowest BCUT2D eigenvalue weighted by atomic mass is 10.2. The van der Waals surface area contributed by atoms with E-state index >= 15 is 0 Å². The van der Waals surface area contributed by atoms with Gasteiger partial charge in [-0.1, -0.05) is 0 Å². The highest BCUT2D eigenvalue weighted by Crippen LogP contribution is 2.51. The number of nitrogens with zero attached hydrogens (tertiary/aromatic N) is 3. The Balaban J connectivity index is 2.36. The first kappa shape index (κ1) is 13.3. The lowest BCUT2D eigenvalue weighted by Crippen LogP contribution is -2.39. The summed E-state index contributed by atoms with van der Waals surface area (Å²) in [6, 6.07) is 0. The molecule has 0 aromatic carbocycles. The first-order valence-corrected chi connectivity index (χ1v) is 5.33. The Bertz CT molecular complexity index is 515. The van der Waals surface area contributed by atoms with Gasteiger partial charge in [0.25, 0.3) is 0 Å². The normalized spacial score (nSPS) is 16.8. The minimum Gasteiger partial charge on any atom is -0.357 e. The zero-order valence-electron chi connectivity index (χ0n) is 9.78. The van der Waals surface area contributed by atoms with E-state index in [4.69, 9.17) is 0 Å². The molecule has 1 fully saturated rings. The molecule has 0 aliphatic heterocycles. The molecule has 1 aliphatic rings. The minimum absolute atomic E-state index is 0.00562. The smallest absolute Gasteiger partial charge is 0.357 e. The minimum atomic E-state index is -4.48. The van der Waals surface area contributed by atoms with Crippen LogP contribution in [0.4, 0.5) is 30.6 Å². The lowest BCUT2D eigenvalue weighted by molar-refractivity contribution is -0.384. The Hall–Kier alpha value is -2.13. The number of halogens is 3. The molecular formula is C9H10F3N5O2. The van der Waals surface area contributed by atoms with Crippen molar-refractivity contribution < 1.29 is 18.1 Å². The van der Waals surface area contributed by atoms with Gasteiger partial charge in [-0.2, -0.15) is 18.2 Å². The van der Waals surface area contributed by atoms with Crippen LogP contribution in [-0.4, -0.2) is 33.7 Å². The maximum atomic E-state index is 12.8. The fourth-order valence-corrected chi connectivity index (χ4v) is 1.55. The van der Waals surface area contributed by atoms with Crippen molar-refractivity contribution in [3.63, 3.8) is 0 Å². The van der Waals surface area contributed by atoms with Crippen molar-refractivity contribution in [2.24, 2.45) is 0 Å². The zero-order chi connectivity index (χ0) is 14.3. The van der Waals surface area contributed by atoms with Crippen molar-refractivity contribution in [2.75, 3.05) is 17.7 Å². The molecule has 0 unspecified atom stereocenters. The fourth-order valence-electron chi connectivity index (χ4n) is 1.55. The van der Waals surface area contributed by atoms with Crippen molar-refractivity contribution in [3.05, 3.63) is 16.3 Å². The molecule has 19 heavy (non-hydrogen) atoms. The molecule has 1 heterocycles. The van der Waals surface area contributed by atoms with Crippen molar-refractivity contribution in [3.8, 4) is 0 Å². The molecule has 0 bridgehead atoms. The third-order valence-electron chi connectivity index (χ3n) is 2.84. The van der Waals surface area contributed by atoms with E-state index in [0.29, 0.717) is 0 Å². The summed E-state index contributed by atoms with van der Waals surface area (Å²) >= 11 is 0. The van der Waals surface area contributed by atoms with Crippen LogP contribution in [0.1, 0.15) is 12.8 Å². The highest BCUT2D eigenvalue weighted by molar-refractivity contribution is 5.59. The highest BCUT2D eigenvalue weighted by atomic mass is 19.4. The zero-order valence-corrected chi connectivity index (χ0v) is 9.78. The Morgan fingerprint density at radius 2 is 2.11 bits per heavy atom. The summed E-state index contributed by atoms with van der Waals surface area (Å²) in [5.74, 6) is -0.426. The first-order valence-electron chi connectivity index (χ1n) is 5.33. The van der Waals surface area contributed by atoms with Gasteiger partial charge in [0.2, 0.25) is 11.8 Å². The van der Waals surface area contributed by atoms with Crippen LogP contribution in [0, 0.1) is 10.1 Å². The van der Waals surface area contributed by atoms with Crippen molar-refractivity contribution >= 4 is 17.5 Å². The molecule has 7 nitrogen and oxygen atoms in total. The topological polar surface area (TPSA) is 93.0 Å². The Labute approximate surface area is 105 Å². The molecular weight excluding hydrogens is 267 g/mol. The van der Waals surface area contributed by atoms with Crippen LogP contribution in [-0.2, 0) is 0 Å². The number of hydrogen-bond acceptors (Lipinski definition) is 6. The van der Waals surface area contributed by atoms with E-state index in [-0.39, 0.29) is 18.8 Å². The van der Waals surface area contributed by atoms with Gasteiger partial charge in [-0.3, -0.25) is 10.1 Å². The summed E-state index contributed by atoms with van der Waals surface area (Å²) in [5, 5.41) is 15.4. The molecule has 10 heteroatoms. The quantitative estimate of drug-likeness (QED) is 0.645. The molecule has 1 saturated carbocycles. The van der Waals surface area contributed by atoms with E-state index in [1.165, 1.54) is 7.05 Å². The van der Waals surface area contributed by atoms with Crippen molar-refractivity contribution in [2.45, 2.75) is 24.6 Å². The van der Waals surface area contributed by atoms with Gasteiger partial charge in [-0.05, 0) is 12.8 Å². The summed E-state index contributed by atoms with van der Waals surface area (Å²) in [7, 11) is 1.46. The van der Waals surface area contributed by atoms with Gasteiger partial charge < -0.3 is 10.6 Å². The molecule has 1 aromatic rings. The Morgan fingerprint density at radius 3 is 2.53 bits per heavy atom. The maximum Gasteiger partial charge on any atom is 0.411 e. The van der Waals surface area contributed by atoms with Crippen LogP contribution >= 0.6 is 0 Å². The largest absolute Gasteiger partial charge is 0.411 e. The molecule has 0 amide bonds. The Morgan fingerprint density at radius 1 is 1.47 bits per heavy atom. The number of rotatable bonds is 4. The van der Waals surface area contributed by atoms with E-state index in [0.717, 1.165) is 6.20 Å². The van der Waals surface area contributed by atoms with Gasteiger partial charge >= 0.3 is 11.9 Å². The number of hydrogen-bond donors (Lipinski definition) is 2. The SMILES string of the molecule is CNc1ncc([N+](=O)[O-])c(NC2(C(F)(F)F)CC2)n1. The number of aromatic nitrogens is 2. The first-order chi connectivity index (χ1) is 8.79. The maximum absolute atomic E-state index is 12.8. The molecule has 1 aliphatic carbocycles. The van der Waals surface area contributed by atoms with Gasteiger partial charge in [0, 0.05) is 7.05 Å². The highest BCUT2D eigenvalue weighted by Gasteiger charge is 2.64. The van der Waals surface area contributed by atoms with Crippen LogP contribution in [0.3, 0.4) is 0 Å². The molecule has 0 radical (unpaired) electrons. The molecule has 1 aromatic heterocycles. The van der Waals surface area contributed by atoms with Crippen molar-refractivity contribution in [1.82, 2.24) is 9.97 Å². The second-order valence-corrected chi connectivity index (χ2v) is 4.14. The standard InChI is InChI=1S/C9H10F3N5O2/c1-13-7-14-4-5(17(18)19)6(15-7)16-8(2-3-8)9(10,11)12/h4H,2-3H2,1H3,(H2,13,14,15,16). The molecule has 0 saturated heterocycles. The molecule has 2 rings (SSSR count). The summed E-state index contributed by atoms with van der Waals surface area (Å²) < 4.78 is 38.4. The molecule has 0 spiro atoms. The van der Waals surface area contributed by atoms with Gasteiger partial charge in [0.1, 0.15) is 11.7 Å².